The number of aromatic carboxylic acids is 1. The molecule has 1 aromatic rings. The van der Waals surface area contributed by atoms with E-state index in [1.165, 1.54) is 19.3 Å². The molecule has 0 spiro atoms. The summed E-state index contributed by atoms with van der Waals surface area (Å²) < 4.78 is 6.67. The number of hydrogen-bond acceptors (Lipinski definition) is 3. The van der Waals surface area contributed by atoms with Crippen LogP contribution >= 0.6 is 15.9 Å². The lowest BCUT2D eigenvalue weighted by Crippen LogP contribution is -2.21. The predicted octanol–water partition coefficient (Wildman–Crippen LogP) is 3.91. The number of carboxylic acids is 1. The zero-order chi connectivity index (χ0) is 14.4. The van der Waals surface area contributed by atoms with Crippen LogP contribution in [0.25, 0.3) is 0 Å². The van der Waals surface area contributed by atoms with Crippen molar-refractivity contribution < 1.29 is 14.6 Å². The number of halogens is 1. The molecule has 1 fully saturated rings. The van der Waals surface area contributed by atoms with E-state index in [0.29, 0.717) is 24.9 Å². The third-order valence-electron chi connectivity index (χ3n) is 3.54. The van der Waals surface area contributed by atoms with Crippen LogP contribution in [0.1, 0.15) is 42.5 Å². The lowest BCUT2D eigenvalue weighted by atomic mass is 9.98. The Kier molecular flexibility index (Phi) is 5.86. The maximum atomic E-state index is 11.1. The zero-order valence-corrected chi connectivity index (χ0v) is 13.0. The number of nitrogens with one attached hydrogen (secondary N) is 1. The van der Waals surface area contributed by atoms with Crippen LogP contribution in [0.4, 0.5) is 5.69 Å². The third kappa shape index (κ3) is 4.49. The Balaban J connectivity index is 1.81. The molecule has 0 unspecified atom stereocenters. The van der Waals surface area contributed by atoms with Crippen molar-refractivity contribution in [1.29, 1.82) is 0 Å². The minimum absolute atomic E-state index is 0.283. The molecule has 0 aliphatic heterocycles. The Morgan fingerprint density at radius 1 is 1.35 bits per heavy atom. The number of hydrogen-bond donors (Lipinski definition) is 2. The highest BCUT2D eigenvalue weighted by Crippen LogP contribution is 2.22. The first-order valence-electron chi connectivity index (χ1n) is 7.05. The standard InChI is InChI=1S/C15H20BrNO3/c16-11-6-7-13(15(18)19)14(10-11)17-8-9-20-12-4-2-1-3-5-12/h6-7,10,12,17H,1-5,8-9H2,(H,18,19). The second-order valence-corrected chi connectivity index (χ2v) is 5.97. The van der Waals surface area contributed by atoms with Gasteiger partial charge in [0.25, 0.3) is 0 Å². The molecule has 1 aromatic carbocycles. The minimum atomic E-state index is -0.923. The van der Waals surface area contributed by atoms with Crippen LogP contribution in [0.2, 0.25) is 0 Å². The molecule has 5 heteroatoms. The van der Waals surface area contributed by atoms with Gasteiger partial charge in [0.05, 0.1) is 18.3 Å². The second kappa shape index (κ2) is 7.64. The molecule has 2 rings (SSSR count). The minimum Gasteiger partial charge on any atom is -0.478 e. The SMILES string of the molecule is O=C(O)c1ccc(Br)cc1NCCOC1CCCCC1. The molecule has 110 valence electrons. The summed E-state index contributed by atoms with van der Waals surface area (Å²) in [6.07, 6.45) is 6.51. The molecule has 0 aromatic heterocycles. The van der Waals surface area contributed by atoms with E-state index >= 15 is 0 Å². The Morgan fingerprint density at radius 3 is 2.80 bits per heavy atom. The van der Waals surface area contributed by atoms with Crippen LogP contribution in [0, 0.1) is 0 Å². The molecule has 1 saturated carbocycles. The van der Waals surface area contributed by atoms with E-state index in [-0.39, 0.29) is 5.56 Å². The van der Waals surface area contributed by atoms with Crippen LogP contribution in [0.5, 0.6) is 0 Å². The first-order chi connectivity index (χ1) is 9.66. The number of ether oxygens (including phenoxy) is 1. The van der Waals surface area contributed by atoms with Gasteiger partial charge in [-0.15, -0.1) is 0 Å². The van der Waals surface area contributed by atoms with E-state index in [1.807, 2.05) is 0 Å². The van der Waals surface area contributed by atoms with Crippen molar-refractivity contribution in [2.45, 2.75) is 38.2 Å². The fraction of sp³-hybridized carbons (Fsp3) is 0.533. The highest BCUT2D eigenvalue weighted by atomic mass is 79.9. The van der Waals surface area contributed by atoms with Gasteiger partial charge in [0.2, 0.25) is 0 Å². The van der Waals surface area contributed by atoms with E-state index in [4.69, 9.17) is 9.84 Å². The number of carboxylic acid groups (broad SMARTS) is 1. The monoisotopic (exact) mass is 341 g/mol. The highest BCUT2D eigenvalue weighted by molar-refractivity contribution is 9.10. The van der Waals surface area contributed by atoms with Crippen molar-refractivity contribution >= 4 is 27.6 Å². The summed E-state index contributed by atoms with van der Waals surface area (Å²) in [6.45, 7) is 1.23. The second-order valence-electron chi connectivity index (χ2n) is 5.05. The van der Waals surface area contributed by atoms with Gasteiger partial charge in [0, 0.05) is 16.7 Å². The van der Waals surface area contributed by atoms with Gasteiger partial charge in [-0.2, -0.15) is 0 Å². The van der Waals surface area contributed by atoms with Gasteiger partial charge >= 0.3 is 5.97 Å². The molecule has 4 nitrogen and oxygen atoms in total. The van der Waals surface area contributed by atoms with Crippen molar-refractivity contribution in [3.63, 3.8) is 0 Å². The Labute approximate surface area is 127 Å². The quantitative estimate of drug-likeness (QED) is 0.770. The summed E-state index contributed by atoms with van der Waals surface area (Å²) in [7, 11) is 0. The van der Waals surface area contributed by atoms with E-state index < -0.39 is 5.97 Å². The average Bonchev–Trinajstić information content (AvgIpc) is 2.44. The number of benzene rings is 1. The predicted molar refractivity (Wildman–Crippen MR) is 82.4 cm³/mol. The van der Waals surface area contributed by atoms with E-state index in [9.17, 15) is 4.79 Å². The maximum Gasteiger partial charge on any atom is 0.337 e. The summed E-state index contributed by atoms with van der Waals surface area (Å²) in [6, 6.07) is 5.11. The lowest BCUT2D eigenvalue weighted by Gasteiger charge is -2.22. The van der Waals surface area contributed by atoms with Gasteiger partial charge in [-0.25, -0.2) is 4.79 Å². The largest absolute Gasteiger partial charge is 0.478 e. The van der Waals surface area contributed by atoms with Gasteiger partial charge in [0.1, 0.15) is 0 Å². The van der Waals surface area contributed by atoms with Gasteiger partial charge in [-0.05, 0) is 31.0 Å². The summed E-state index contributed by atoms with van der Waals surface area (Å²) >= 11 is 3.35. The van der Waals surface area contributed by atoms with Crippen LogP contribution in [-0.4, -0.2) is 30.3 Å². The van der Waals surface area contributed by atoms with Gasteiger partial charge in [-0.1, -0.05) is 35.2 Å². The fourth-order valence-corrected chi connectivity index (χ4v) is 2.85. The molecule has 1 aliphatic rings. The van der Waals surface area contributed by atoms with Crippen molar-refractivity contribution in [3.05, 3.63) is 28.2 Å². The fourth-order valence-electron chi connectivity index (χ4n) is 2.49. The summed E-state index contributed by atoms with van der Waals surface area (Å²) in [5.74, 6) is -0.923. The molecule has 0 saturated heterocycles. The summed E-state index contributed by atoms with van der Waals surface area (Å²) in [4.78, 5) is 11.1. The molecule has 0 radical (unpaired) electrons. The van der Waals surface area contributed by atoms with Crippen molar-refractivity contribution in [1.82, 2.24) is 0 Å². The van der Waals surface area contributed by atoms with Crippen LogP contribution < -0.4 is 5.32 Å². The third-order valence-corrected chi connectivity index (χ3v) is 4.03. The Hall–Kier alpha value is -1.07. The van der Waals surface area contributed by atoms with Gasteiger partial charge in [0.15, 0.2) is 0 Å². The molecule has 2 N–H and O–H groups in total. The zero-order valence-electron chi connectivity index (χ0n) is 11.4. The molecule has 0 bridgehead atoms. The average molecular weight is 342 g/mol. The van der Waals surface area contributed by atoms with E-state index in [0.717, 1.165) is 17.3 Å². The molecule has 20 heavy (non-hydrogen) atoms. The number of rotatable bonds is 6. The Morgan fingerprint density at radius 2 is 2.10 bits per heavy atom. The van der Waals surface area contributed by atoms with Crippen molar-refractivity contribution in [2.24, 2.45) is 0 Å². The summed E-state index contributed by atoms with van der Waals surface area (Å²) in [5.41, 5.74) is 0.907. The first-order valence-corrected chi connectivity index (χ1v) is 7.84. The lowest BCUT2D eigenvalue weighted by molar-refractivity contribution is 0.0347. The Bertz CT molecular complexity index is 458. The highest BCUT2D eigenvalue weighted by Gasteiger charge is 2.14. The molecule has 0 atom stereocenters. The molecular formula is C15H20BrNO3. The van der Waals surface area contributed by atoms with Crippen LogP contribution in [-0.2, 0) is 4.74 Å². The number of anilines is 1. The topological polar surface area (TPSA) is 58.6 Å². The van der Waals surface area contributed by atoms with Crippen molar-refractivity contribution in [2.75, 3.05) is 18.5 Å². The molecule has 0 amide bonds. The molecule has 0 heterocycles. The number of carbonyl (C=O) groups is 1. The van der Waals surface area contributed by atoms with Crippen LogP contribution in [0.15, 0.2) is 22.7 Å². The maximum absolute atomic E-state index is 11.1. The molecular weight excluding hydrogens is 322 g/mol. The molecule has 1 aliphatic carbocycles. The van der Waals surface area contributed by atoms with Gasteiger partial charge in [-0.3, -0.25) is 0 Å². The van der Waals surface area contributed by atoms with Crippen LogP contribution in [0.3, 0.4) is 0 Å². The normalized spacial score (nSPS) is 16.1. The van der Waals surface area contributed by atoms with E-state index in [1.54, 1.807) is 18.2 Å². The summed E-state index contributed by atoms with van der Waals surface area (Å²) in [5, 5.41) is 12.3. The van der Waals surface area contributed by atoms with E-state index in [2.05, 4.69) is 21.2 Å². The van der Waals surface area contributed by atoms with Crippen molar-refractivity contribution in [3.8, 4) is 0 Å². The van der Waals surface area contributed by atoms with Gasteiger partial charge < -0.3 is 15.2 Å². The first kappa shape index (κ1) is 15.3. The smallest absolute Gasteiger partial charge is 0.337 e.